The molecule has 0 aliphatic carbocycles. The zero-order chi connectivity index (χ0) is 12.4. The van der Waals surface area contributed by atoms with Crippen molar-refractivity contribution in [2.45, 2.75) is 45.1 Å². The Morgan fingerprint density at radius 3 is 2.38 bits per heavy atom. The number of unbranched alkanes of at least 4 members (excludes halogenated alkanes) is 3. The summed E-state index contributed by atoms with van der Waals surface area (Å²) in [6, 6.07) is -0.160. The molecule has 0 aromatic rings. The molecule has 1 unspecified atom stereocenters. The molecule has 0 aliphatic rings. The molecule has 5 heteroatoms. The van der Waals surface area contributed by atoms with Crippen molar-refractivity contribution in [2.24, 2.45) is 0 Å². The molecule has 0 aromatic heterocycles. The summed E-state index contributed by atoms with van der Waals surface area (Å²) in [7, 11) is 1.75. The number of aliphatic carboxylic acids is 1. The molecule has 0 aromatic carbocycles. The Balaban J connectivity index is 3.27. The first kappa shape index (κ1) is 14.9. The second-order valence-corrected chi connectivity index (χ2v) is 3.86. The standard InChI is InChI=1S/C11H22N2O3/c1-9(12-2)11(16)13-8-6-4-3-5-7-10(14)15/h9,12H,3-8H2,1-2H3,(H,13,16)(H,14,15). The Labute approximate surface area is 96.6 Å². The molecule has 0 fully saturated rings. The zero-order valence-corrected chi connectivity index (χ0v) is 10.1. The highest BCUT2D eigenvalue weighted by Crippen LogP contribution is 2.02. The predicted molar refractivity (Wildman–Crippen MR) is 62.3 cm³/mol. The Hall–Kier alpha value is -1.10. The molecule has 5 nitrogen and oxygen atoms in total. The SMILES string of the molecule is CNC(C)C(=O)NCCCCCCC(=O)O. The molecule has 0 aliphatic heterocycles. The van der Waals surface area contributed by atoms with Crippen LogP contribution in [-0.2, 0) is 9.59 Å². The van der Waals surface area contributed by atoms with Crippen LogP contribution in [0.5, 0.6) is 0 Å². The lowest BCUT2D eigenvalue weighted by atomic mass is 10.1. The fraction of sp³-hybridized carbons (Fsp3) is 0.818. The van der Waals surface area contributed by atoms with E-state index in [0.29, 0.717) is 6.54 Å². The van der Waals surface area contributed by atoms with Crippen LogP contribution in [0.3, 0.4) is 0 Å². The van der Waals surface area contributed by atoms with Gasteiger partial charge in [-0.2, -0.15) is 0 Å². The monoisotopic (exact) mass is 230 g/mol. The maximum Gasteiger partial charge on any atom is 0.303 e. The number of carboxylic acids is 1. The van der Waals surface area contributed by atoms with Crippen molar-refractivity contribution >= 4 is 11.9 Å². The van der Waals surface area contributed by atoms with Gasteiger partial charge in [-0.1, -0.05) is 12.8 Å². The molecule has 94 valence electrons. The van der Waals surface area contributed by atoms with Gasteiger partial charge in [-0.05, 0) is 26.8 Å². The van der Waals surface area contributed by atoms with Crippen LogP contribution in [0.4, 0.5) is 0 Å². The summed E-state index contributed by atoms with van der Waals surface area (Å²) in [5.74, 6) is -0.732. The van der Waals surface area contributed by atoms with E-state index in [1.165, 1.54) is 0 Å². The fourth-order valence-electron chi connectivity index (χ4n) is 1.25. The minimum Gasteiger partial charge on any atom is -0.481 e. The van der Waals surface area contributed by atoms with E-state index in [0.717, 1.165) is 25.7 Å². The van der Waals surface area contributed by atoms with Gasteiger partial charge < -0.3 is 15.7 Å². The van der Waals surface area contributed by atoms with Gasteiger partial charge >= 0.3 is 5.97 Å². The third-order valence-electron chi connectivity index (χ3n) is 2.44. The van der Waals surface area contributed by atoms with Crippen molar-refractivity contribution in [2.75, 3.05) is 13.6 Å². The van der Waals surface area contributed by atoms with Crippen LogP contribution >= 0.6 is 0 Å². The molecule has 0 heterocycles. The molecule has 1 amide bonds. The van der Waals surface area contributed by atoms with Gasteiger partial charge in [0.1, 0.15) is 0 Å². The van der Waals surface area contributed by atoms with Crippen molar-refractivity contribution in [3.8, 4) is 0 Å². The summed E-state index contributed by atoms with van der Waals surface area (Å²) in [6.45, 7) is 2.47. The van der Waals surface area contributed by atoms with Crippen LogP contribution in [0.15, 0.2) is 0 Å². The van der Waals surface area contributed by atoms with Crippen molar-refractivity contribution in [3.05, 3.63) is 0 Å². The van der Waals surface area contributed by atoms with Gasteiger partial charge in [0.15, 0.2) is 0 Å². The number of carboxylic acid groups (broad SMARTS) is 1. The van der Waals surface area contributed by atoms with Crippen molar-refractivity contribution in [3.63, 3.8) is 0 Å². The predicted octanol–water partition coefficient (Wildman–Crippen LogP) is 0.746. The summed E-state index contributed by atoms with van der Waals surface area (Å²) in [5.41, 5.74) is 0. The van der Waals surface area contributed by atoms with Crippen LogP contribution in [-0.4, -0.2) is 36.6 Å². The number of amides is 1. The van der Waals surface area contributed by atoms with E-state index in [4.69, 9.17) is 5.11 Å². The quantitative estimate of drug-likeness (QED) is 0.511. The number of likely N-dealkylation sites (N-methyl/N-ethyl adjacent to an activating group) is 1. The lowest BCUT2D eigenvalue weighted by molar-refractivity contribution is -0.137. The molecule has 0 radical (unpaired) electrons. The highest BCUT2D eigenvalue weighted by atomic mass is 16.4. The van der Waals surface area contributed by atoms with E-state index in [2.05, 4.69) is 10.6 Å². The number of hydrogen-bond donors (Lipinski definition) is 3. The lowest BCUT2D eigenvalue weighted by Gasteiger charge is -2.10. The van der Waals surface area contributed by atoms with Crippen LogP contribution < -0.4 is 10.6 Å². The number of hydrogen-bond acceptors (Lipinski definition) is 3. The highest BCUT2D eigenvalue weighted by molar-refractivity contribution is 5.81. The van der Waals surface area contributed by atoms with Crippen LogP contribution in [0.25, 0.3) is 0 Å². The number of rotatable bonds is 9. The topological polar surface area (TPSA) is 78.4 Å². The maximum absolute atomic E-state index is 11.3. The molecule has 0 rings (SSSR count). The highest BCUT2D eigenvalue weighted by Gasteiger charge is 2.07. The van der Waals surface area contributed by atoms with E-state index in [1.807, 2.05) is 6.92 Å². The van der Waals surface area contributed by atoms with Gasteiger partial charge in [0, 0.05) is 13.0 Å². The van der Waals surface area contributed by atoms with E-state index < -0.39 is 5.97 Å². The zero-order valence-electron chi connectivity index (χ0n) is 10.1. The summed E-state index contributed by atoms with van der Waals surface area (Å²) in [6.07, 6.45) is 3.73. The number of nitrogens with one attached hydrogen (secondary N) is 2. The molecular weight excluding hydrogens is 208 g/mol. The normalized spacial score (nSPS) is 12.1. The van der Waals surface area contributed by atoms with Gasteiger partial charge in [0.05, 0.1) is 6.04 Å². The summed E-state index contributed by atoms with van der Waals surface area (Å²) < 4.78 is 0. The van der Waals surface area contributed by atoms with Gasteiger partial charge in [-0.15, -0.1) is 0 Å². The summed E-state index contributed by atoms with van der Waals surface area (Å²) in [5, 5.41) is 14.1. The Kier molecular flexibility index (Phi) is 8.52. The van der Waals surface area contributed by atoms with E-state index in [-0.39, 0.29) is 18.4 Å². The second-order valence-electron chi connectivity index (χ2n) is 3.86. The third-order valence-corrected chi connectivity index (χ3v) is 2.44. The van der Waals surface area contributed by atoms with Crippen molar-refractivity contribution in [1.29, 1.82) is 0 Å². The molecule has 16 heavy (non-hydrogen) atoms. The smallest absolute Gasteiger partial charge is 0.303 e. The minimum absolute atomic E-state index is 0.00744. The fourth-order valence-corrected chi connectivity index (χ4v) is 1.25. The van der Waals surface area contributed by atoms with E-state index in [9.17, 15) is 9.59 Å². The van der Waals surface area contributed by atoms with Crippen molar-refractivity contribution in [1.82, 2.24) is 10.6 Å². The summed E-state index contributed by atoms with van der Waals surface area (Å²) in [4.78, 5) is 21.5. The van der Waals surface area contributed by atoms with Gasteiger partial charge in [-0.25, -0.2) is 0 Å². The number of carbonyl (C=O) groups excluding carboxylic acids is 1. The molecule has 1 atom stereocenters. The molecule has 0 saturated carbocycles. The molecule has 0 saturated heterocycles. The first-order valence-corrected chi connectivity index (χ1v) is 5.74. The number of carbonyl (C=O) groups is 2. The molecule has 0 bridgehead atoms. The first-order chi connectivity index (χ1) is 7.57. The molecular formula is C11H22N2O3. The molecule has 3 N–H and O–H groups in total. The van der Waals surface area contributed by atoms with Crippen LogP contribution in [0.1, 0.15) is 39.0 Å². The largest absolute Gasteiger partial charge is 0.481 e. The van der Waals surface area contributed by atoms with Crippen LogP contribution in [0, 0.1) is 0 Å². The van der Waals surface area contributed by atoms with Gasteiger partial charge in [0.25, 0.3) is 0 Å². The van der Waals surface area contributed by atoms with E-state index in [1.54, 1.807) is 7.05 Å². The second kappa shape index (κ2) is 9.15. The Morgan fingerprint density at radius 1 is 1.19 bits per heavy atom. The first-order valence-electron chi connectivity index (χ1n) is 5.74. The van der Waals surface area contributed by atoms with E-state index >= 15 is 0 Å². The Bertz CT molecular complexity index is 219. The average Bonchev–Trinajstić information content (AvgIpc) is 2.25. The van der Waals surface area contributed by atoms with Gasteiger partial charge in [0.2, 0.25) is 5.91 Å². The minimum atomic E-state index is -0.740. The molecule has 0 spiro atoms. The average molecular weight is 230 g/mol. The van der Waals surface area contributed by atoms with Gasteiger partial charge in [-0.3, -0.25) is 9.59 Å². The third kappa shape index (κ3) is 8.23. The summed E-state index contributed by atoms with van der Waals surface area (Å²) >= 11 is 0. The lowest BCUT2D eigenvalue weighted by Crippen LogP contribution is -2.40. The Morgan fingerprint density at radius 2 is 1.81 bits per heavy atom. The maximum atomic E-state index is 11.3. The van der Waals surface area contributed by atoms with Crippen LogP contribution in [0.2, 0.25) is 0 Å². The van der Waals surface area contributed by atoms with Crippen molar-refractivity contribution < 1.29 is 14.7 Å².